The Kier molecular flexibility index (Phi) is 6.05. The molecule has 2 aromatic heterocycles. The minimum Gasteiger partial charge on any atom is -0.506 e. The number of aromatic amines is 1. The number of phenolic OH excluding ortho intramolecular Hbond substituents is 1. The number of thiophene rings is 1. The van der Waals surface area contributed by atoms with E-state index in [0.717, 1.165) is 15.3 Å². The summed E-state index contributed by atoms with van der Waals surface area (Å²) in [6, 6.07) is 4.52. The van der Waals surface area contributed by atoms with Crippen molar-refractivity contribution in [3.05, 3.63) is 49.8 Å². The molecule has 1 atom stereocenters. The van der Waals surface area contributed by atoms with Gasteiger partial charge < -0.3 is 15.4 Å². The molecule has 1 aromatic carbocycles. The average molecular weight is 461 g/mol. The predicted octanol–water partition coefficient (Wildman–Crippen LogP) is 4.37. The summed E-state index contributed by atoms with van der Waals surface area (Å²) in [6.45, 7) is 7.41. The van der Waals surface area contributed by atoms with E-state index in [4.69, 9.17) is 16.6 Å². The normalized spacial score (nSPS) is 16.5. The molecule has 1 aliphatic heterocycles. The maximum absolute atomic E-state index is 12.7. The van der Waals surface area contributed by atoms with Crippen LogP contribution in [0.4, 0.5) is 5.69 Å². The van der Waals surface area contributed by atoms with Crippen molar-refractivity contribution < 1.29 is 9.90 Å². The van der Waals surface area contributed by atoms with Gasteiger partial charge in [-0.1, -0.05) is 11.6 Å². The third-order valence-electron chi connectivity index (χ3n) is 6.12. The summed E-state index contributed by atoms with van der Waals surface area (Å²) in [7, 11) is 0. The van der Waals surface area contributed by atoms with Crippen LogP contribution in [0, 0.1) is 19.8 Å². The summed E-state index contributed by atoms with van der Waals surface area (Å²) in [4.78, 5) is 37.1. The van der Waals surface area contributed by atoms with Gasteiger partial charge in [0.05, 0.1) is 17.1 Å². The largest absolute Gasteiger partial charge is 0.506 e. The van der Waals surface area contributed by atoms with Crippen molar-refractivity contribution in [1.82, 2.24) is 14.9 Å². The smallest absolute Gasteiger partial charge is 0.259 e. The Labute approximate surface area is 189 Å². The lowest BCUT2D eigenvalue weighted by Crippen LogP contribution is -2.40. The van der Waals surface area contributed by atoms with E-state index in [9.17, 15) is 14.7 Å². The number of H-pyrrole nitrogens is 1. The Morgan fingerprint density at radius 2 is 2.06 bits per heavy atom. The third-order valence-corrected chi connectivity index (χ3v) is 7.45. The number of aryl methyl sites for hydroxylation is 2. The number of halogens is 1. The molecule has 0 bridgehead atoms. The molecule has 3 heterocycles. The van der Waals surface area contributed by atoms with Gasteiger partial charge in [0.2, 0.25) is 5.91 Å². The molecule has 1 unspecified atom stereocenters. The lowest BCUT2D eigenvalue weighted by Gasteiger charge is -2.35. The van der Waals surface area contributed by atoms with E-state index < -0.39 is 0 Å². The molecule has 1 amide bonds. The first kappa shape index (κ1) is 21.8. The number of hydrogen-bond donors (Lipinski definition) is 3. The zero-order chi connectivity index (χ0) is 22.3. The molecule has 7 nitrogen and oxygen atoms in total. The standard InChI is InChI=1S/C22H25ClN4O3S/c1-11-13(3)31-22-18(11)21(30)25-19(26-22)12(2)27-8-6-14(7-9-27)20(29)24-16-10-15(23)4-5-17(16)28/h4-5,10,12,14,28H,6-9H2,1-3H3,(H,24,29)(H,25,26,30). The molecule has 1 fully saturated rings. The summed E-state index contributed by atoms with van der Waals surface area (Å²) in [6.07, 6.45) is 1.36. The number of piperidine rings is 1. The van der Waals surface area contributed by atoms with Crippen molar-refractivity contribution in [2.75, 3.05) is 18.4 Å². The number of rotatable bonds is 4. The molecule has 1 saturated heterocycles. The second-order valence-corrected chi connectivity index (χ2v) is 9.69. The van der Waals surface area contributed by atoms with Crippen molar-refractivity contribution in [1.29, 1.82) is 0 Å². The van der Waals surface area contributed by atoms with Gasteiger partial charge in [0.25, 0.3) is 5.56 Å². The number of aromatic nitrogens is 2. The number of aromatic hydroxyl groups is 1. The Hall–Kier alpha value is -2.42. The number of fused-ring (bicyclic) bond motifs is 1. The highest BCUT2D eigenvalue weighted by Gasteiger charge is 2.29. The van der Waals surface area contributed by atoms with E-state index in [2.05, 4.69) is 15.2 Å². The van der Waals surface area contributed by atoms with Crippen LogP contribution >= 0.6 is 22.9 Å². The number of phenols is 1. The van der Waals surface area contributed by atoms with Crippen LogP contribution in [0.25, 0.3) is 10.2 Å². The predicted molar refractivity (Wildman–Crippen MR) is 124 cm³/mol. The zero-order valence-corrected chi connectivity index (χ0v) is 19.2. The van der Waals surface area contributed by atoms with Crippen molar-refractivity contribution >= 4 is 44.7 Å². The monoisotopic (exact) mass is 460 g/mol. The number of anilines is 1. The zero-order valence-electron chi connectivity index (χ0n) is 17.7. The Morgan fingerprint density at radius 1 is 1.35 bits per heavy atom. The first-order valence-electron chi connectivity index (χ1n) is 10.3. The second-order valence-electron chi connectivity index (χ2n) is 8.05. The summed E-state index contributed by atoms with van der Waals surface area (Å²) < 4.78 is 0. The summed E-state index contributed by atoms with van der Waals surface area (Å²) in [5.74, 6) is 0.375. The van der Waals surface area contributed by atoms with E-state index in [0.29, 0.717) is 47.9 Å². The van der Waals surface area contributed by atoms with Gasteiger partial charge in [-0.05, 0) is 70.5 Å². The number of carbonyl (C=O) groups excluding carboxylic acids is 1. The molecule has 164 valence electrons. The maximum Gasteiger partial charge on any atom is 0.259 e. The first-order valence-corrected chi connectivity index (χ1v) is 11.5. The van der Waals surface area contributed by atoms with E-state index >= 15 is 0 Å². The fourth-order valence-electron chi connectivity index (χ4n) is 4.03. The van der Waals surface area contributed by atoms with Gasteiger partial charge in [-0.2, -0.15) is 0 Å². The minimum absolute atomic E-state index is 0.00622. The van der Waals surface area contributed by atoms with E-state index in [1.165, 1.54) is 12.1 Å². The van der Waals surface area contributed by atoms with Crippen LogP contribution < -0.4 is 10.9 Å². The topological polar surface area (TPSA) is 98.3 Å². The Morgan fingerprint density at radius 3 is 2.77 bits per heavy atom. The maximum atomic E-state index is 12.7. The van der Waals surface area contributed by atoms with Crippen LogP contribution in [0.2, 0.25) is 5.02 Å². The molecule has 1 aliphatic rings. The molecular weight excluding hydrogens is 436 g/mol. The molecular formula is C22H25ClN4O3S. The van der Waals surface area contributed by atoms with Crippen LogP contribution in [0.15, 0.2) is 23.0 Å². The van der Waals surface area contributed by atoms with Gasteiger partial charge in [0, 0.05) is 15.8 Å². The fraction of sp³-hybridized carbons (Fsp3) is 0.409. The number of likely N-dealkylation sites (tertiary alicyclic amines) is 1. The SMILES string of the molecule is Cc1sc2nc(C(C)N3CCC(C(=O)Nc4cc(Cl)ccc4O)CC3)[nH]c(=O)c2c1C. The second kappa shape index (κ2) is 8.61. The van der Waals surface area contributed by atoms with E-state index in [1.807, 2.05) is 20.8 Å². The molecule has 3 N–H and O–H groups in total. The van der Waals surface area contributed by atoms with Gasteiger partial charge in [-0.25, -0.2) is 4.98 Å². The van der Waals surface area contributed by atoms with Crippen LogP contribution in [0.5, 0.6) is 5.75 Å². The highest BCUT2D eigenvalue weighted by atomic mass is 35.5. The quantitative estimate of drug-likeness (QED) is 0.502. The molecule has 0 saturated carbocycles. The summed E-state index contributed by atoms with van der Waals surface area (Å²) in [5, 5.41) is 13.8. The van der Waals surface area contributed by atoms with Gasteiger partial charge in [-0.3, -0.25) is 14.5 Å². The number of carbonyl (C=O) groups is 1. The number of hydrogen-bond acceptors (Lipinski definition) is 6. The highest BCUT2D eigenvalue weighted by molar-refractivity contribution is 7.18. The average Bonchev–Trinajstić information content (AvgIpc) is 3.04. The van der Waals surface area contributed by atoms with Crippen molar-refractivity contribution in [3.63, 3.8) is 0 Å². The Bertz CT molecular complexity index is 1200. The first-order chi connectivity index (χ1) is 14.7. The highest BCUT2D eigenvalue weighted by Crippen LogP contribution is 2.31. The molecule has 0 spiro atoms. The number of amides is 1. The lowest BCUT2D eigenvalue weighted by atomic mass is 9.94. The number of nitrogens with one attached hydrogen (secondary N) is 2. The number of benzene rings is 1. The molecule has 31 heavy (non-hydrogen) atoms. The van der Waals surface area contributed by atoms with Gasteiger partial charge in [-0.15, -0.1) is 11.3 Å². The van der Waals surface area contributed by atoms with Crippen LogP contribution in [0.1, 0.15) is 42.1 Å². The molecule has 0 radical (unpaired) electrons. The van der Waals surface area contributed by atoms with Crippen LogP contribution in [0.3, 0.4) is 0 Å². The van der Waals surface area contributed by atoms with Crippen molar-refractivity contribution in [2.45, 2.75) is 39.7 Å². The lowest BCUT2D eigenvalue weighted by molar-refractivity contribution is -0.121. The van der Waals surface area contributed by atoms with Gasteiger partial charge >= 0.3 is 0 Å². The van der Waals surface area contributed by atoms with Crippen molar-refractivity contribution in [3.8, 4) is 5.75 Å². The summed E-state index contributed by atoms with van der Waals surface area (Å²) in [5.41, 5.74) is 1.22. The Balaban J connectivity index is 1.42. The third kappa shape index (κ3) is 4.33. The van der Waals surface area contributed by atoms with Crippen molar-refractivity contribution in [2.24, 2.45) is 5.92 Å². The fourth-order valence-corrected chi connectivity index (χ4v) is 5.24. The van der Waals surface area contributed by atoms with E-state index in [-0.39, 0.29) is 29.2 Å². The van der Waals surface area contributed by atoms with Crippen LogP contribution in [-0.2, 0) is 4.79 Å². The molecule has 4 rings (SSSR count). The molecule has 3 aromatic rings. The molecule has 0 aliphatic carbocycles. The van der Waals surface area contributed by atoms with E-state index in [1.54, 1.807) is 17.4 Å². The minimum atomic E-state index is -0.154. The number of nitrogens with zero attached hydrogens (tertiary/aromatic N) is 2. The van der Waals surface area contributed by atoms with Gasteiger partial charge in [0.1, 0.15) is 16.4 Å². The summed E-state index contributed by atoms with van der Waals surface area (Å²) >= 11 is 7.50. The van der Waals surface area contributed by atoms with Crippen LogP contribution in [-0.4, -0.2) is 39.0 Å². The van der Waals surface area contributed by atoms with Gasteiger partial charge in [0.15, 0.2) is 0 Å². The molecule has 9 heteroatoms.